The Kier molecular flexibility index (Phi) is 15.4. The van der Waals surface area contributed by atoms with Crippen molar-refractivity contribution in [2.75, 3.05) is 87.6 Å². The predicted octanol–water partition coefficient (Wildman–Crippen LogP) is 3.53. The maximum absolute atomic E-state index is 14.3. The molecule has 376 valence electrons. The lowest BCUT2D eigenvalue weighted by atomic mass is 10.0. The van der Waals surface area contributed by atoms with Gasteiger partial charge in [-0.1, -0.05) is 19.1 Å². The molecule has 4 aromatic rings. The lowest BCUT2D eigenvalue weighted by Crippen LogP contribution is -2.54. The van der Waals surface area contributed by atoms with Gasteiger partial charge in [-0.2, -0.15) is 0 Å². The van der Waals surface area contributed by atoms with Crippen molar-refractivity contribution in [3.63, 3.8) is 0 Å². The predicted molar refractivity (Wildman–Crippen MR) is 267 cm³/mol. The molecule has 0 saturated carbocycles. The van der Waals surface area contributed by atoms with E-state index >= 15 is 0 Å². The summed E-state index contributed by atoms with van der Waals surface area (Å²) in [5.74, 6) is -0.00314. The van der Waals surface area contributed by atoms with Crippen LogP contribution in [0.25, 0.3) is 11.5 Å². The number of aromatic nitrogens is 5. The van der Waals surface area contributed by atoms with Crippen LogP contribution in [0.5, 0.6) is 0 Å². The van der Waals surface area contributed by atoms with E-state index in [-0.39, 0.29) is 35.8 Å². The van der Waals surface area contributed by atoms with E-state index in [2.05, 4.69) is 59.7 Å². The minimum absolute atomic E-state index is 0.0213. The summed E-state index contributed by atoms with van der Waals surface area (Å²) in [6.07, 6.45) is 8.58. The Morgan fingerprint density at radius 3 is 2.45 bits per heavy atom. The summed E-state index contributed by atoms with van der Waals surface area (Å²) in [4.78, 5) is 100. The summed E-state index contributed by atoms with van der Waals surface area (Å²) in [6.45, 7) is 13.7. The van der Waals surface area contributed by atoms with Crippen LogP contribution in [-0.4, -0.2) is 164 Å². The van der Waals surface area contributed by atoms with Crippen molar-refractivity contribution in [1.82, 2.24) is 55.0 Å². The van der Waals surface area contributed by atoms with Gasteiger partial charge in [-0.3, -0.25) is 48.8 Å². The summed E-state index contributed by atoms with van der Waals surface area (Å²) in [7, 11) is 2.13. The lowest BCUT2D eigenvalue weighted by molar-refractivity contribution is -0.136. The number of piperidine rings is 1. The molecule has 0 spiro atoms. The van der Waals surface area contributed by atoms with Crippen molar-refractivity contribution in [2.24, 2.45) is 0 Å². The van der Waals surface area contributed by atoms with Gasteiger partial charge in [-0.25, -0.2) is 9.97 Å². The van der Waals surface area contributed by atoms with E-state index < -0.39 is 29.7 Å². The number of carbonyl (C=O) groups is 6. The Morgan fingerprint density at radius 1 is 0.845 bits per heavy atom. The fourth-order valence-electron chi connectivity index (χ4n) is 10.6. The zero-order chi connectivity index (χ0) is 49.6. The van der Waals surface area contributed by atoms with Crippen LogP contribution in [0.1, 0.15) is 114 Å². The van der Waals surface area contributed by atoms with Crippen LogP contribution >= 0.6 is 0 Å². The SMILES string of the molecule is CCC1CCCN1c1cc2c(c(CN(C)CCCN3CCN(CC(=O)NCCCCCNc4cccc5c4C(=O)N(C4CCC(=O)NC4=O)C5=O)CC3)n1)CN(c1cccc(-c3nncn3CC)n1)C2=O. The Hall–Kier alpha value is -6.64. The maximum Gasteiger partial charge on any atom is 0.264 e. The number of hydrogen-bond donors (Lipinski definition) is 3. The maximum atomic E-state index is 14.3. The monoisotopic (exact) mass is 971 g/mol. The van der Waals surface area contributed by atoms with Crippen LogP contribution < -0.4 is 25.8 Å². The van der Waals surface area contributed by atoms with Crippen LogP contribution in [0.4, 0.5) is 17.3 Å². The van der Waals surface area contributed by atoms with Gasteiger partial charge in [0.25, 0.3) is 17.7 Å². The molecule has 0 bridgehead atoms. The number of pyridine rings is 2. The number of anilines is 3. The molecule has 0 radical (unpaired) electrons. The molecular weight excluding hydrogens is 905 g/mol. The number of benzene rings is 1. The van der Waals surface area contributed by atoms with Gasteiger partial charge < -0.3 is 29.9 Å². The summed E-state index contributed by atoms with van der Waals surface area (Å²) in [5, 5.41) is 17.0. The third-order valence-corrected chi connectivity index (χ3v) is 14.6. The van der Waals surface area contributed by atoms with Gasteiger partial charge in [0.2, 0.25) is 17.7 Å². The molecule has 8 heterocycles. The highest BCUT2D eigenvalue weighted by Gasteiger charge is 2.45. The third-order valence-electron chi connectivity index (χ3n) is 14.6. The molecule has 3 fully saturated rings. The van der Waals surface area contributed by atoms with Gasteiger partial charge in [-0.05, 0) is 109 Å². The standard InChI is InChI=1S/C51H66N14O6/c1-4-34-13-11-24-63(34)43-29-36-37(30-64(49(36)69)42-17-10-16-39(55-42)47-58-54-33-62(47)5-2)40(56-43)31-59(3)22-12-23-60-25-27-61(28-26-60)32-45(67)53-21-8-6-7-20-52-38-15-9-14-35-46(38)51(71)65(50(35)70)41-18-19-44(66)57-48(41)68/h9-10,14-17,29,33-34,41,52H,4-8,11-13,18-28,30-32H2,1-3H3,(H,53,67)(H,57,66,68). The van der Waals surface area contributed by atoms with Crippen molar-refractivity contribution >= 4 is 52.8 Å². The van der Waals surface area contributed by atoms with E-state index in [1.807, 2.05) is 35.8 Å². The fraction of sp³-hybridized carbons (Fsp3) is 0.529. The number of carbonyl (C=O) groups excluding carboxylic acids is 6. The second-order valence-corrected chi connectivity index (χ2v) is 19.3. The minimum Gasteiger partial charge on any atom is -0.384 e. The number of hydrogen-bond acceptors (Lipinski definition) is 15. The number of imide groups is 2. The summed E-state index contributed by atoms with van der Waals surface area (Å²) >= 11 is 0. The Labute approximate surface area is 414 Å². The topological polar surface area (TPSA) is 214 Å². The number of piperazine rings is 1. The van der Waals surface area contributed by atoms with E-state index in [4.69, 9.17) is 9.97 Å². The molecular formula is C51H66N14O6. The molecule has 3 saturated heterocycles. The molecule has 3 aromatic heterocycles. The zero-order valence-corrected chi connectivity index (χ0v) is 41.2. The number of rotatable bonds is 21. The molecule has 5 aliphatic rings. The first-order valence-electron chi connectivity index (χ1n) is 25.5. The van der Waals surface area contributed by atoms with Gasteiger partial charge in [0, 0.05) is 82.6 Å². The number of fused-ring (bicyclic) bond motifs is 2. The van der Waals surface area contributed by atoms with Gasteiger partial charge in [0.1, 0.15) is 29.7 Å². The normalized spacial score (nSPS) is 19.5. The average molecular weight is 971 g/mol. The molecule has 20 nitrogen and oxygen atoms in total. The Morgan fingerprint density at radius 2 is 1.65 bits per heavy atom. The molecule has 9 rings (SSSR count). The largest absolute Gasteiger partial charge is 0.384 e. The lowest BCUT2D eigenvalue weighted by Gasteiger charge is -2.34. The fourth-order valence-corrected chi connectivity index (χ4v) is 10.6. The first kappa shape index (κ1) is 49.3. The molecule has 0 aliphatic carbocycles. The van der Waals surface area contributed by atoms with Crippen LogP contribution in [0.3, 0.4) is 0 Å². The van der Waals surface area contributed by atoms with Gasteiger partial charge in [-0.15, -0.1) is 10.2 Å². The van der Waals surface area contributed by atoms with Crippen molar-refractivity contribution in [3.8, 4) is 11.5 Å². The molecule has 5 aliphatic heterocycles. The van der Waals surface area contributed by atoms with E-state index in [1.54, 1.807) is 29.4 Å². The van der Waals surface area contributed by atoms with Crippen LogP contribution in [0.15, 0.2) is 48.8 Å². The second-order valence-electron chi connectivity index (χ2n) is 19.3. The molecule has 20 heteroatoms. The van der Waals surface area contributed by atoms with E-state index in [1.165, 1.54) is 0 Å². The smallest absolute Gasteiger partial charge is 0.264 e. The Bertz CT molecular complexity index is 2650. The van der Waals surface area contributed by atoms with Crippen molar-refractivity contribution in [3.05, 3.63) is 76.7 Å². The van der Waals surface area contributed by atoms with Gasteiger partial charge in [0.15, 0.2) is 5.82 Å². The highest BCUT2D eigenvalue weighted by Crippen LogP contribution is 2.36. The van der Waals surface area contributed by atoms with E-state index in [9.17, 15) is 28.8 Å². The first-order valence-corrected chi connectivity index (χ1v) is 25.5. The summed E-state index contributed by atoms with van der Waals surface area (Å²) in [6, 6.07) is 12.2. The van der Waals surface area contributed by atoms with Crippen LogP contribution in [0, 0.1) is 0 Å². The number of amides is 6. The van der Waals surface area contributed by atoms with Crippen LogP contribution in [-0.2, 0) is 34.0 Å². The third kappa shape index (κ3) is 10.8. The molecule has 71 heavy (non-hydrogen) atoms. The van der Waals surface area contributed by atoms with Gasteiger partial charge >= 0.3 is 0 Å². The summed E-state index contributed by atoms with van der Waals surface area (Å²) in [5.41, 5.74) is 4.31. The minimum atomic E-state index is -1.01. The highest BCUT2D eigenvalue weighted by atomic mass is 16.2. The number of nitrogens with one attached hydrogen (secondary N) is 3. The molecule has 3 N–H and O–H groups in total. The number of aryl methyl sites for hydroxylation is 1. The molecule has 6 amide bonds. The van der Waals surface area contributed by atoms with Crippen molar-refractivity contribution < 1.29 is 28.8 Å². The number of nitrogens with zero attached hydrogens (tertiary/aromatic N) is 11. The van der Waals surface area contributed by atoms with E-state index in [0.717, 1.165) is 113 Å². The quantitative estimate of drug-likeness (QED) is 0.0805. The van der Waals surface area contributed by atoms with Crippen molar-refractivity contribution in [2.45, 2.75) is 103 Å². The zero-order valence-electron chi connectivity index (χ0n) is 41.2. The molecule has 2 atom stereocenters. The first-order chi connectivity index (χ1) is 34.5. The van der Waals surface area contributed by atoms with Crippen molar-refractivity contribution in [1.29, 1.82) is 0 Å². The number of unbranched alkanes of at least 4 members (excludes halogenated alkanes) is 2. The summed E-state index contributed by atoms with van der Waals surface area (Å²) < 4.78 is 1.94. The molecule has 1 aromatic carbocycles. The Balaban J connectivity index is 0.691. The van der Waals surface area contributed by atoms with Crippen LogP contribution in [0.2, 0.25) is 0 Å². The highest BCUT2D eigenvalue weighted by molar-refractivity contribution is 6.25. The van der Waals surface area contributed by atoms with Gasteiger partial charge in [0.05, 0.1) is 35.5 Å². The molecule has 2 unspecified atom stereocenters. The average Bonchev–Trinajstić information content (AvgIpc) is 4.18. The van der Waals surface area contributed by atoms with E-state index in [0.29, 0.717) is 73.9 Å². The second kappa shape index (κ2) is 22.2.